The molecule has 4 aromatic rings. The molecule has 1 aliphatic rings. The van der Waals surface area contributed by atoms with Crippen molar-refractivity contribution in [2.45, 2.75) is 12.8 Å². The van der Waals surface area contributed by atoms with Crippen molar-refractivity contribution in [1.29, 1.82) is 0 Å². The van der Waals surface area contributed by atoms with Crippen LogP contribution in [-0.4, -0.2) is 63.6 Å². The summed E-state index contributed by atoms with van der Waals surface area (Å²) in [5, 5.41) is 0. The first-order valence-corrected chi connectivity index (χ1v) is 11.1. The minimum absolute atomic E-state index is 0.151. The lowest BCUT2D eigenvalue weighted by Crippen LogP contribution is -2.49. The topological polar surface area (TPSA) is 76.4 Å². The van der Waals surface area contributed by atoms with E-state index in [0.29, 0.717) is 31.8 Å². The molecule has 1 fully saturated rings. The molecular weight excluding hydrogens is 416 g/mol. The Morgan fingerprint density at radius 1 is 0.939 bits per heavy atom. The molecule has 0 aliphatic carbocycles. The molecule has 0 radical (unpaired) electrons. The third-order valence-corrected chi connectivity index (χ3v) is 5.97. The zero-order valence-electron chi connectivity index (χ0n) is 18.6. The van der Waals surface area contributed by atoms with Gasteiger partial charge in [-0.05, 0) is 24.3 Å². The lowest BCUT2D eigenvalue weighted by atomic mass is 10.2. The molecule has 0 atom stereocenters. The van der Waals surface area contributed by atoms with E-state index in [1.807, 2.05) is 41.3 Å². The van der Waals surface area contributed by atoms with Crippen LogP contribution in [0.2, 0.25) is 0 Å². The van der Waals surface area contributed by atoms with Crippen LogP contribution in [0, 0.1) is 0 Å². The summed E-state index contributed by atoms with van der Waals surface area (Å²) >= 11 is 0. The number of hydrogen-bond acceptors (Lipinski definition) is 6. The molecule has 0 saturated carbocycles. The van der Waals surface area contributed by atoms with E-state index >= 15 is 0 Å². The second-order valence-electron chi connectivity index (χ2n) is 7.98. The fraction of sp³-hybridized carbons (Fsp3) is 0.280. The van der Waals surface area contributed by atoms with Gasteiger partial charge in [-0.15, -0.1) is 0 Å². The van der Waals surface area contributed by atoms with Gasteiger partial charge in [0.05, 0.1) is 30.5 Å². The van der Waals surface area contributed by atoms with Crippen molar-refractivity contribution >= 4 is 22.8 Å². The van der Waals surface area contributed by atoms with Gasteiger partial charge >= 0.3 is 0 Å². The van der Waals surface area contributed by atoms with E-state index in [-0.39, 0.29) is 5.91 Å². The summed E-state index contributed by atoms with van der Waals surface area (Å²) in [6, 6.07) is 18.3. The van der Waals surface area contributed by atoms with Gasteiger partial charge in [0.1, 0.15) is 5.82 Å². The second-order valence-corrected chi connectivity index (χ2v) is 7.98. The second kappa shape index (κ2) is 9.28. The average Bonchev–Trinajstić information content (AvgIpc) is 3.26. The summed E-state index contributed by atoms with van der Waals surface area (Å²) in [7, 11) is 1.58. The third kappa shape index (κ3) is 4.37. The number of hydrogen-bond donors (Lipinski definition) is 0. The molecule has 3 heterocycles. The van der Waals surface area contributed by atoms with Gasteiger partial charge in [0, 0.05) is 44.7 Å². The van der Waals surface area contributed by atoms with Crippen LogP contribution in [0.5, 0.6) is 5.88 Å². The molecule has 1 amide bonds. The quantitative estimate of drug-likeness (QED) is 0.457. The minimum Gasteiger partial charge on any atom is -0.480 e. The molecule has 8 nitrogen and oxygen atoms in total. The van der Waals surface area contributed by atoms with Gasteiger partial charge < -0.3 is 14.5 Å². The lowest BCUT2D eigenvalue weighted by Gasteiger charge is -2.35. The Balaban J connectivity index is 1.26. The van der Waals surface area contributed by atoms with Crippen molar-refractivity contribution in [3.63, 3.8) is 0 Å². The van der Waals surface area contributed by atoms with Crippen LogP contribution in [0.15, 0.2) is 67.0 Å². The molecule has 2 aromatic heterocycles. The summed E-state index contributed by atoms with van der Waals surface area (Å²) in [5.74, 6) is 2.32. The Morgan fingerprint density at radius 3 is 2.48 bits per heavy atom. The molecule has 0 N–H and O–H groups in total. The maximum absolute atomic E-state index is 13.0. The van der Waals surface area contributed by atoms with E-state index in [1.54, 1.807) is 19.5 Å². The third-order valence-electron chi connectivity index (χ3n) is 5.97. The lowest BCUT2D eigenvalue weighted by molar-refractivity contribution is -0.131. The Morgan fingerprint density at radius 2 is 1.70 bits per heavy atom. The van der Waals surface area contributed by atoms with Crippen LogP contribution in [0.3, 0.4) is 0 Å². The summed E-state index contributed by atoms with van der Waals surface area (Å²) in [5.41, 5.74) is 3.05. The number of amides is 1. The first kappa shape index (κ1) is 20.9. The molecule has 0 unspecified atom stereocenters. The van der Waals surface area contributed by atoms with Gasteiger partial charge in [0.25, 0.3) is 0 Å². The number of piperazine rings is 1. The van der Waals surface area contributed by atoms with Crippen molar-refractivity contribution in [3.8, 4) is 11.6 Å². The van der Waals surface area contributed by atoms with Crippen LogP contribution in [-0.2, 0) is 11.2 Å². The Bertz CT molecular complexity index is 1250. The number of rotatable bonds is 6. The first-order valence-electron chi connectivity index (χ1n) is 11.1. The Kier molecular flexibility index (Phi) is 5.89. The minimum atomic E-state index is 0.151. The highest BCUT2D eigenvalue weighted by atomic mass is 16.5. The zero-order valence-corrected chi connectivity index (χ0v) is 18.6. The van der Waals surface area contributed by atoms with Gasteiger partial charge in [-0.1, -0.05) is 30.3 Å². The molecule has 2 aromatic carbocycles. The van der Waals surface area contributed by atoms with Crippen LogP contribution < -0.4 is 9.64 Å². The number of fused-ring (bicyclic) bond motifs is 1. The van der Waals surface area contributed by atoms with Gasteiger partial charge in [-0.25, -0.2) is 4.98 Å². The van der Waals surface area contributed by atoms with E-state index in [2.05, 4.69) is 37.6 Å². The van der Waals surface area contributed by atoms with Crippen LogP contribution in [0.25, 0.3) is 16.7 Å². The van der Waals surface area contributed by atoms with Crippen molar-refractivity contribution in [1.82, 2.24) is 24.4 Å². The smallest absolute Gasteiger partial charge is 0.233 e. The highest BCUT2D eigenvalue weighted by Gasteiger charge is 2.23. The largest absolute Gasteiger partial charge is 0.480 e. The summed E-state index contributed by atoms with van der Waals surface area (Å²) in [4.78, 5) is 30.5. The number of nitrogens with zero attached hydrogens (tertiary/aromatic N) is 6. The summed E-state index contributed by atoms with van der Waals surface area (Å²) in [6.07, 6.45) is 4.33. The van der Waals surface area contributed by atoms with Crippen molar-refractivity contribution in [3.05, 3.63) is 72.8 Å². The molecule has 1 saturated heterocycles. The number of anilines is 1. The highest BCUT2D eigenvalue weighted by molar-refractivity contribution is 5.79. The number of aryl methyl sites for hydroxylation is 1. The molecule has 0 bridgehead atoms. The number of imidazole rings is 1. The van der Waals surface area contributed by atoms with Crippen molar-refractivity contribution in [2.24, 2.45) is 0 Å². The number of benzene rings is 2. The maximum Gasteiger partial charge on any atom is 0.233 e. The predicted octanol–water partition coefficient (Wildman–Crippen LogP) is 3.11. The molecule has 168 valence electrons. The molecule has 1 aliphatic heterocycles. The first-order chi connectivity index (χ1) is 16.2. The summed E-state index contributed by atoms with van der Waals surface area (Å²) in [6.45, 7) is 2.76. The van der Waals surface area contributed by atoms with E-state index in [9.17, 15) is 4.79 Å². The fourth-order valence-electron chi connectivity index (χ4n) is 4.26. The monoisotopic (exact) mass is 442 g/mol. The standard InChI is InChI=1S/C25H26N6O2/c1-33-24-18-26-17-23(28-24)29-13-15-30(16-14-29)25(32)12-11-22-27-20-9-5-6-10-21(20)31(22)19-7-3-2-4-8-19/h2-10,17-18H,11-16H2,1H3. The molecule has 33 heavy (non-hydrogen) atoms. The van der Waals surface area contributed by atoms with Gasteiger partial charge in [-0.3, -0.25) is 14.3 Å². The van der Waals surface area contributed by atoms with Crippen LogP contribution in [0.1, 0.15) is 12.2 Å². The number of para-hydroxylation sites is 3. The number of carbonyl (C=O) groups excluding carboxylic acids is 1. The van der Waals surface area contributed by atoms with Crippen molar-refractivity contribution in [2.75, 3.05) is 38.2 Å². The van der Waals surface area contributed by atoms with Gasteiger partial charge in [0.15, 0.2) is 5.82 Å². The van der Waals surface area contributed by atoms with E-state index in [1.165, 1.54) is 0 Å². The fourth-order valence-corrected chi connectivity index (χ4v) is 4.26. The van der Waals surface area contributed by atoms with Gasteiger partial charge in [0.2, 0.25) is 11.8 Å². The van der Waals surface area contributed by atoms with Crippen LogP contribution >= 0.6 is 0 Å². The maximum atomic E-state index is 13.0. The van der Waals surface area contributed by atoms with E-state index in [0.717, 1.165) is 41.5 Å². The number of aromatic nitrogens is 4. The molecule has 8 heteroatoms. The molecule has 5 rings (SSSR count). The number of ether oxygens (including phenoxy) is 1. The Labute approximate surface area is 192 Å². The predicted molar refractivity (Wildman–Crippen MR) is 127 cm³/mol. The number of carbonyl (C=O) groups is 1. The highest BCUT2D eigenvalue weighted by Crippen LogP contribution is 2.23. The average molecular weight is 443 g/mol. The SMILES string of the molecule is COc1cncc(N2CCN(C(=O)CCc3nc4ccccc4n3-c3ccccc3)CC2)n1. The normalized spacial score (nSPS) is 14.0. The Hall–Kier alpha value is -3.94. The van der Waals surface area contributed by atoms with E-state index in [4.69, 9.17) is 9.72 Å². The number of methoxy groups -OCH3 is 1. The van der Waals surface area contributed by atoms with E-state index < -0.39 is 0 Å². The van der Waals surface area contributed by atoms with Crippen LogP contribution in [0.4, 0.5) is 5.82 Å². The molecular formula is C25H26N6O2. The van der Waals surface area contributed by atoms with Crippen molar-refractivity contribution < 1.29 is 9.53 Å². The zero-order chi connectivity index (χ0) is 22.6. The molecule has 0 spiro atoms. The van der Waals surface area contributed by atoms with Gasteiger partial charge in [-0.2, -0.15) is 4.98 Å². The summed E-state index contributed by atoms with van der Waals surface area (Å²) < 4.78 is 7.32.